The lowest BCUT2D eigenvalue weighted by molar-refractivity contribution is -0.682. The van der Waals surface area contributed by atoms with Gasteiger partial charge in [-0.05, 0) is 31.2 Å². The summed E-state index contributed by atoms with van der Waals surface area (Å²) in [5.74, 6) is 0.742. The number of hydrogen-bond acceptors (Lipinski definition) is 2. The van der Waals surface area contributed by atoms with Crippen molar-refractivity contribution in [2.24, 2.45) is 0 Å². The average molecular weight is 294 g/mol. The quantitative estimate of drug-likeness (QED) is 0.854. The number of carbonyl (C=O) groups is 1. The third-order valence-electron chi connectivity index (χ3n) is 3.09. The van der Waals surface area contributed by atoms with Crippen LogP contribution in [0, 0.1) is 0 Å². The van der Waals surface area contributed by atoms with E-state index in [1.165, 1.54) is 0 Å². The summed E-state index contributed by atoms with van der Waals surface area (Å²) in [6.07, 6.45) is 1.59. The van der Waals surface area contributed by atoms with E-state index in [4.69, 9.17) is 16.0 Å². The number of nitrogens with two attached hydrogens (primary N) is 1. The van der Waals surface area contributed by atoms with Gasteiger partial charge >= 0.3 is 0 Å². The minimum atomic E-state index is -0.0118. The van der Waals surface area contributed by atoms with Crippen molar-refractivity contribution in [1.29, 1.82) is 0 Å². The molecule has 0 spiro atoms. The molecule has 2 aromatic rings. The van der Waals surface area contributed by atoms with Crippen LogP contribution in [-0.2, 0) is 11.3 Å². The maximum atomic E-state index is 11.7. The molecule has 0 saturated carbocycles. The number of halogens is 1. The zero-order chi connectivity index (χ0) is 14.4. The summed E-state index contributed by atoms with van der Waals surface area (Å²) >= 11 is 5.85. The molecule has 0 fully saturated rings. The highest BCUT2D eigenvalue weighted by molar-refractivity contribution is 6.30. The molecule has 0 bridgehead atoms. The maximum absolute atomic E-state index is 11.7. The van der Waals surface area contributed by atoms with Crippen LogP contribution in [-0.4, -0.2) is 12.5 Å². The summed E-state index contributed by atoms with van der Waals surface area (Å²) in [6, 6.07) is 11.5. The van der Waals surface area contributed by atoms with Crippen molar-refractivity contribution >= 4 is 17.5 Å². The molecule has 1 amide bonds. The fourth-order valence-corrected chi connectivity index (χ4v) is 1.98. The molecule has 0 unspecified atom stereocenters. The van der Waals surface area contributed by atoms with Gasteiger partial charge in [-0.15, -0.1) is 0 Å². The van der Waals surface area contributed by atoms with Crippen LogP contribution in [0.2, 0.25) is 5.02 Å². The summed E-state index contributed by atoms with van der Waals surface area (Å²) in [6.45, 7) is 2.86. The second-order valence-electron chi connectivity index (χ2n) is 4.64. The second kappa shape index (κ2) is 7.12. The zero-order valence-corrected chi connectivity index (χ0v) is 12.1. The van der Waals surface area contributed by atoms with Gasteiger partial charge in [0.1, 0.15) is 11.8 Å². The minimum absolute atomic E-state index is 0.0118. The maximum Gasteiger partial charge on any atom is 0.275 e. The topological polar surface area (TPSA) is 58.9 Å². The van der Waals surface area contributed by atoms with Gasteiger partial charge in [-0.3, -0.25) is 4.79 Å². The molecule has 1 aromatic carbocycles. The number of hydrogen-bond donors (Lipinski definition) is 2. The molecule has 1 atom stereocenters. The Morgan fingerprint density at radius 2 is 2.10 bits per heavy atom. The standard InChI is InChI=1S/C15H17ClN2O2/c1-11(12-4-6-13(16)7-5-12)17-10-15(19)18-9-14-3-2-8-20-14/h2-8,11,17H,9-10H2,1H3,(H,18,19)/p+1/t11-/m0/s1. The van der Waals surface area contributed by atoms with Gasteiger partial charge in [0.05, 0.1) is 12.8 Å². The molecular weight excluding hydrogens is 276 g/mol. The van der Waals surface area contributed by atoms with Crippen LogP contribution in [0.25, 0.3) is 0 Å². The van der Waals surface area contributed by atoms with E-state index in [2.05, 4.69) is 12.2 Å². The largest absolute Gasteiger partial charge is 0.467 e. The first-order valence-electron chi connectivity index (χ1n) is 6.53. The molecule has 2 rings (SSSR count). The van der Waals surface area contributed by atoms with Crippen molar-refractivity contribution in [3.05, 3.63) is 59.0 Å². The molecule has 3 N–H and O–H groups in total. The third-order valence-corrected chi connectivity index (χ3v) is 3.34. The first kappa shape index (κ1) is 14.6. The van der Waals surface area contributed by atoms with Crippen molar-refractivity contribution in [1.82, 2.24) is 5.32 Å². The predicted octanol–water partition coefficient (Wildman–Crippen LogP) is 1.87. The number of quaternary nitrogens is 1. The Balaban J connectivity index is 1.73. The van der Waals surface area contributed by atoms with E-state index < -0.39 is 0 Å². The highest BCUT2D eigenvalue weighted by atomic mass is 35.5. The molecule has 0 aliphatic carbocycles. The lowest BCUT2D eigenvalue weighted by atomic mass is 10.1. The van der Waals surface area contributed by atoms with Crippen molar-refractivity contribution in [3.63, 3.8) is 0 Å². The van der Waals surface area contributed by atoms with Gasteiger partial charge in [-0.25, -0.2) is 0 Å². The number of benzene rings is 1. The monoisotopic (exact) mass is 293 g/mol. The van der Waals surface area contributed by atoms with Crippen LogP contribution in [0.3, 0.4) is 0 Å². The van der Waals surface area contributed by atoms with Crippen LogP contribution < -0.4 is 10.6 Å². The van der Waals surface area contributed by atoms with E-state index in [0.717, 1.165) is 16.3 Å². The Bertz CT molecular complexity index is 538. The zero-order valence-electron chi connectivity index (χ0n) is 11.3. The van der Waals surface area contributed by atoms with E-state index in [9.17, 15) is 4.79 Å². The smallest absolute Gasteiger partial charge is 0.275 e. The van der Waals surface area contributed by atoms with Crippen LogP contribution in [0.5, 0.6) is 0 Å². The molecule has 0 saturated heterocycles. The van der Waals surface area contributed by atoms with Gasteiger partial charge in [0.2, 0.25) is 0 Å². The van der Waals surface area contributed by atoms with Crippen LogP contribution in [0.1, 0.15) is 24.3 Å². The fraction of sp³-hybridized carbons (Fsp3) is 0.267. The molecule has 5 heteroatoms. The van der Waals surface area contributed by atoms with Gasteiger partial charge in [0.25, 0.3) is 5.91 Å². The van der Waals surface area contributed by atoms with E-state index in [0.29, 0.717) is 13.1 Å². The van der Waals surface area contributed by atoms with E-state index in [-0.39, 0.29) is 11.9 Å². The van der Waals surface area contributed by atoms with E-state index in [1.807, 2.05) is 35.6 Å². The normalized spacial score (nSPS) is 12.1. The van der Waals surface area contributed by atoms with Crippen molar-refractivity contribution in [2.75, 3.05) is 6.54 Å². The average Bonchev–Trinajstić information content (AvgIpc) is 2.96. The van der Waals surface area contributed by atoms with Crippen LogP contribution in [0.4, 0.5) is 0 Å². The molecule has 1 aromatic heterocycles. The van der Waals surface area contributed by atoms with Gasteiger partial charge in [-0.2, -0.15) is 0 Å². The Morgan fingerprint density at radius 3 is 2.75 bits per heavy atom. The molecular formula is C15H18ClN2O2+. The van der Waals surface area contributed by atoms with E-state index >= 15 is 0 Å². The molecule has 4 nitrogen and oxygen atoms in total. The molecule has 1 heterocycles. The first-order valence-corrected chi connectivity index (χ1v) is 6.91. The van der Waals surface area contributed by atoms with Gasteiger partial charge < -0.3 is 15.1 Å². The Hall–Kier alpha value is -1.78. The highest BCUT2D eigenvalue weighted by Crippen LogP contribution is 2.13. The summed E-state index contributed by atoms with van der Waals surface area (Å²) in [7, 11) is 0. The Labute approximate surface area is 123 Å². The van der Waals surface area contributed by atoms with Crippen molar-refractivity contribution in [3.8, 4) is 0 Å². The first-order chi connectivity index (χ1) is 9.65. The summed E-state index contributed by atoms with van der Waals surface area (Å²) < 4.78 is 5.15. The lowest BCUT2D eigenvalue weighted by Gasteiger charge is -2.11. The Kier molecular flexibility index (Phi) is 5.21. The second-order valence-corrected chi connectivity index (χ2v) is 5.07. The predicted molar refractivity (Wildman–Crippen MR) is 77.2 cm³/mol. The van der Waals surface area contributed by atoms with E-state index in [1.54, 1.807) is 12.3 Å². The Morgan fingerprint density at radius 1 is 1.35 bits per heavy atom. The number of nitrogens with one attached hydrogen (secondary N) is 1. The van der Waals surface area contributed by atoms with Crippen LogP contribution in [0.15, 0.2) is 47.1 Å². The highest BCUT2D eigenvalue weighted by Gasteiger charge is 2.11. The van der Waals surface area contributed by atoms with Crippen LogP contribution >= 0.6 is 11.6 Å². The van der Waals surface area contributed by atoms with Crippen molar-refractivity contribution < 1.29 is 14.5 Å². The SMILES string of the molecule is C[C@H]([NH2+]CC(=O)NCc1ccco1)c1ccc(Cl)cc1. The fourth-order valence-electron chi connectivity index (χ4n) is 1.86. The minimum Gasteiger partial charge on any atom is -0.467 e. The lowest BCUT2D eigenvalue weighted by Crippen LogP contribution is -2.87. The summed E-state index contributed by atoms with van der Waals surface area (Å²) in [5, 5.41) is 5.52. The number of amides is 1. The van der Waals surface area contributed by atoms with Gasteiger partial charge in [0, 0.05) is 10.6 Å². The molecule has 106 valence electrons. The summed E-state index contributed by atoms with van der Waals surface area (Å²) in [5.41, 5.74) is 1.15. The molecule has 0 radical (unpaired) electrons. The van der Waals surface area contributed by atoms with Gasteiger partial charge in [0.15, 0.2) is 6.54 Å². The number of rotatable bonds is 6. The molecule has 20 heavy (non-hydrogen) atoms. The molecule has 0 aliphatic heterocycles. The molecule has 0 aliphatic rings. The number of carbonyl (C=O) groups excluding carboxylic acids is 1. The third kappa shape index (κ3) is 4.40. The van der Waals surface area contributed by atoms with Crippen molar-refractivity contribution in [2.45, 2.75) is 19.5 Å². The number of furan rings is 1. The van der Waals surface area contributed by atoms with Gasteiger partial charge in [-0.1, -0.05) is 23.7 Å². The summed E-state index contributed by atoms with van der Waals surface area (Å²) in [4.78, 5) is 11.7.